The molecule has 0 radical (unpaired) electrons. The average Bonchev–Trinajstić information content (AvgIpc) is 2.87. The Morgan fingerprint density at radius 2 is 2.00 bits per heavy atom. The van der Waals surface area contributed by atoms with E-state index in [-0.39, 0.29) is 0 Å². The first kappa shape index (κ1) is 12.3. The van der Waals surface area contributed by atoms with E-state index in [9.17, 15) is 0 Å². The van der Waals surface area contributed by atoms with Crippen LogP contribution in [0.3, 0.4) is 0 Å². The first-order valence-corrected chi connectivity index (χ1v) is 7.39. The summed E-state index contributed by atoms with van der Waals surface area (Å²) in [6.45, 7) is 4.04. The van der Waals surface area contributed by atoms with Crippen molar-refractivity contribution in [3.63, 3.8) is 0 Å². The van der Waals surface area contributed by atoms with Crippen molar-refractivity contribution in [3.05, 3.63) is 71.3 Å². The SMILES string of the molecule is Cc1cccc(CN2CC=Cc3c2[nH]c2ccccc32)c1. The molecule has 0 spiro atoms. The first-order valence-electron chi connectivity index (χ1n) is 7.39. The third kappa shape index (κ3) is 2.13. The number of nitrogens with zero attached hydrogens (tertiary/aromatic N) is 1. The standard InChI is InChI=1S/C19H18N2/c1-14-6-4-7-15(12-14)13-21-11-5-9-17-16-8-2-3-10-18(16)20-19(17)21/h2-10,12,20H,11,13H2,1H3. The van der Waals surface area contributed by atoms with E-state index in [2.05, 4.69) is 77.5 Å². The fourth-order valence-electron chi connectivity index (χ4n) is 3.13. The zero-order valence-corrected chi connectivity index (χ0v) is 12.1. The zero-order chi connectivity index (χ0) is 14.2. The topological polar surface area (TPSA) is 19.0 Å². The van der Waals surface area contributed by atoms with E-state index in [1.54, 1.807) is 0 Å². The van der Waals surface area contributed by atoms with Crippen LogP contribution >= 0.6 is 0 Å². The van der Waals surface area contributed by atoms with Gasteiger partial charge in [-0.15, -0.1) is 0 Å². The van der Waals surface area contributed by atoms with Crippen LogP contribution in [0.15, 0.2) is 54.6 Å². The summed E-state index contributed by atoms with van der Waals surface area (Å²) in [6, 6.07) is 17.3. The molecule has 0 bridgehead atoms. The van der Waals surface area contributed by atoms with Gasteiger partial charge in [0.1, 0.15) is 5.82 Å². The number of aryl methyl sites for hydroxylation is 1. The molecule has 2 heterocycles. The van der Waals surface area contributed by atoms with Crippen molar-refractivity contribution in [1.29, 1.82) is 0 Å². The van der Waals surface area contributed by atoms with Gasteiger partial charge in [0.25, 0.3) is 0 Å². The molecule has 1 N–H and O–H groups in total. The zero-order valence-electron chi connectivity index (χ0n) is 12.1. The third-order valence-electron chi connectivity index (χ3n) is 4.11. The molecule has 4 rings (SSSR count). The fourth-order valence-corrected chi connectivity index (χ4v) is 3.13. The maximum absolute atomic E-state index is 3.58. The second-order valence-electron chi connectivity index (χ2n) is 5.70. The lowest BCUT2D eigenvalue weighted by atomic mass is 10.1. The Morgan fingerprint density at radius 3 is 2.90 bits per heavy atom. The molecular formula is C19H18N2. The van der Waals surface area contributed by atoms with Gasteiger partial charge in [-0.05, 0) is 18.6 Å². The van der Waals surface area contributed by atoms with Crippen molar-refractivity contribution in [2.45, 2.75) is 13.5 Å². The van der Waals surface area contributed by atoms with E-state index in [4.69, 9.17) is 0 Å². The summed E-state index contributed by atoms with van der Waals surface area (Å²) < 4.78 is 0. The molecule has 1 aromatic heterocycles. The molecule has 0 unspecified atom stereocenters. The molecule has 0 fully saturated rings. The molecular weight excluding hydrogens is 256 g/mol. The number of rotatable bonds is 2. The molecule has 0 atom stereocenters. The van der Waals surface area contributed by atoms with Gasteiger partial charge in [-0.3, -0.25) is 0 Å². The second kappa shape index (κ2) is 4.81. The third-order valence-corrected chi connectivity index (χ3v) is 4.11. The van der Waals surface area contributed by atoms with Crippen LogP contribution in [0.1, 0.15) is 16.7 Å². The molecule has 0 amide bonds. The van der Waals surface area contributed by atoms with Gasteiger partial charge in [0.2, 0.25) is 0 Å². The molecule has 1 aliphatic rings. The number of aromatic nitrogens is 1. The van der Waals surface area contributed by atoms with Gasteiger partial charge in [0, 0.05) is 29.6 Å². The van der Waals surface area contributed by atoms with Crippen LogP contribution < -0.4 is 4.90 Å². The van der Waals surface area contributed by atoms with Gasteiger partial charge in [-0.25, -0.2) is 0 Å². The van der Waals surface area contributed by atoms with Gasteiger partial charge in [-0.1, -0.05) is 60.2 Å². The van der Waals surface area contributed by atoms with Crippen LogP contribution in [0.4, 0.5) is 5.82 Å². The van der Waals surface area contributed by atoms with Gasteiger partial charge in [-0.2, -0.15) is 0 Å². The lowest BCUT2D eigenvalue weighted by molar-refractivity contribution is 0.846. The van der Waals surface area contributed by atoms with Crippen molar-refractivity contribution in [2.75, 3.05) is 11.4 Å². The lowest BCUT2D eigenvalue weighted by Crippen LogP contribution is -2.25. The first-order chi connectivity index (χ1) is 10.3. The normalized spacial score (nSPS) is 13.7. The summed E-state index contributed by atoms with van der Waals surface area (Å²) in [6.07, 6.45) is 4.49. The molecule has 0 saturated carbocycles. The number of hydrogen-bond acceptors (Lipinski definition) is 1. The van der Waals surface area contributed by atoms with Crippen LogP contribution in [0.2, 0.25) is 0 Å². The second-order valence-corrected chi connectivity index (χ2v) is 5.70. The molecule has 21 heavy (non-hydrogen) atoms. The van der Waals surface area contributed by atoms with E-state index in [1.165, 1.54) is 33.4 Å². The Labute approximate surface area is 124 Å². The predicted molar refractivity (Wildman–Crippen MR) is 89.6 cm³/mol. The van der Waals surface area contributed by atoms with Crippen molar-refractivity contribution in [1.82, 2.24) is 4.98 Å². The number of benzene rings is 2. The van der Waals surface area contributed by atoms with Crippen LogP contribution in [0.5, 0.6) is 0 Å². The molecule has 3 aromatic rings. The molecule has 0 saturated heterocycles. The summed E-state index contributed by atoms with van der Waals surface area (Å²) in [5.74, 6) is 1.24. The van der Waals surface area contributed by atoms with Crippen molar-refractivity contribution in [2.24, 2.45) is 0 Å². The molecule has 1 aliphatic heterocycles. The minimum atomic E-state index is 0.936. The van der Waals surface area contributed by atoms with Crippen LogP contribution in [0.25, 0.3) is 17.0 Å². The molecule has 0 aliphatic carbocycles. The smallest absolute Gasteiger partial charge is 0.114 e. The van der Waals surface area contributed by atoms with Gasteiger partial charge >= 0.3 is 0 Å². The molecule has 2 nitrogen and oxygen atoms in total. The van der Waals surface area contributed by atoms with E-state index in [0.717, 1.165) is 13.1 Å². The summed E-state index contributed by atoms with van der Waals surface area (Å²) >= 11 is 0. The van der Waals surface area contributed by atoms with Gasteiger partial charge < -0.3 is 9.88 Å². The summed E-state index contributed by atoms with van der Waals surface area (Å²) in [4.78, 5) is 5.98. The van der Waals surface area contributed by atoms with E-state index in [1.807, 2.05) is 0 Å². The molecule has 2 aromatic carbocycles. The number of aromatic amines is 1. The molecule has 104 valence electrons. The van der Waals surface area contributed by atoms with Gasteiger partial charge in [0.05, 0.1) is 0 Å². The quantitative estimate of drug-likeness (QED) is 0.728. The van der Waals surface area contributed by atoms with E-state index >= 15 is 0 Å². The summed E-state index contributed by atoms with van der Waals surface area (Å²) in [5.41, 5.74) is 5.19. The number of para-hydroxylation sites is 1. The largest absolute Gasteiger partial charge is 0.350 e. The Bertz CT molecular complexity index is 826. The highest BCUT2D eigenvalue weighted by molar-refractivity contribution is 5.96. The number of hydrogen-bond donors (Lipinski definition) is 1. The summed E-state index contributed by atoms with van der Waals surface area (Å²) in [7, 11) is 0. The number of nitrogens with one attached hydrogen (secondary N) is 1. The fraction of sp³-hybridized carbons (Fsp3) is 0.158. The monoisotopic (exact) mass is 274 g/mol. The van der Waals surface area contributed by atoms with E-state index in [0.29, 0.717) is 0 Å². The van der Waals surface area contributed by atoms with Crippen molar-refractivity contribution in [3.8, 4) is 0 Å². The van der Waals surface area contributed by atoms with Crippen LogP contribution in [-0.4, -0.2) is 11.5 Å². The maximum Gasteiger partial charge on any atom is 0.114 e. The predicted octanol–water partition coefficient (Wildman–Crippen LogP) is 4.51. The Kier molecular flexibility index (Phi) is 2.81. The number of fused-ring (bicyclic) bond motifs is 3. The van der Waals surface area contributed by atoms with E-state index < -0.39 is 0 Å². The van der Waals surface area contributed by atoms with Crippen LogP contribution in [-0.2, 0) is 6.54 Å². The Balaban J connectivity index is 1.75. The minimum absolute atomic E-state index is 0.936. The van der Waals surface area contributed by atoms with Crippen LogP contribution in [0, 0.1) is 6.92 Å². The maximum atomic E-state index is 3.58. The lowest BCUT2D eigenvalue weighted by Gasteiger charge is -2.26. The highest BCUT2D eigenvalue weighted by Crippen LogP contribution is 2.33. The highest BCUT2D eigenvalue weighted by Gasteiger charge is 2.18. The number of H-pyrrole nitrogens is 1. The Hall–Kier alpha value is -2.48. The number of anilines is 1. The summed E-state index contributed by atoms with van der Waals surface area (Å²) in [5, 5.41) is 1.30. The van der Waals surface area contributed by atoms with Gasteiger partial charge in [0.15, 0.2) is 0 Å². The van der Waals surface area contributed by atoms with Crippen molar-refractivity contribution >= 4 is 22.8 Å². The van der Waals surface area contributed by atoms with Crippen molar-refractivity contribution < 1.29 is 0 Å². The molecule has 2 heteroatoms. The minimum Gasteiger partial charge on any atom is -0.350 e. The Morgan fingerprint density at radius 1 is 1.10 bits per heavy atom. The average molecular weight is 274 g/mol. The highest BCUT2D eigenvalue weighted by atomic mass is 15.2.